The van der Waals surface area contributed by atoms with Crippen molar-refractivity contribution < 1.29 is 9.59 Å². The van der Waals surface area contributed by atoms with E-state index in [-0.39, 0.29) is 12.1 Å². The fourth-order valence-corrected chi connectivity index (χ4v) is 2.25. The topological polar surface area (TPSA) is 82.3 Å². The standard InChI is InChI=1S/C18H22N4O2/c1-11-7-5-8-14(12(11)2)21-18(24)22-16-10-6-9-15(13(16)3)20-17(23)19-4/h5-10H,1-4H3,(H2,19,20,23)(H2,21,22,24). The van der Waals surface area contributed by atoms with Gasteiger partial charge in [0.15, 0.2) is 0 Å². The van der Waals surface area contributed by atoms with Crippen LogP contribution in [0.2, 0.25) is 0 Å². The molecule has 6 heteroatoms. The molecule has 0 bridgehead atoms. The molecule has 2 rings (SSSR count). The quantitative estimate of drug-likeness (QED) is 0.687. The Kier molecular flexibility index (Phi) is 5.42. The minimum Gasteiger partial charge on any atom is -0.341 e. The Hall–Kier alpha value is -3.02. The molecule has 0 saturated heterocycles. The molecule has 0 heterocycles. The van der Waals surface area contributed by atoms with E-state index < -0.39 is 0 Å². The van der Waals surface area contributed by atoms with Gasteiger partial charge >= 0.3 is 12.1 Å². The van der Waals surface area contributed by atoms with Crippen molar-refractivity contribution in [3.05, 3.63) is 53.1 Å². The third kappa shape index (κ3) is 4.04. The Balaban J connectivity index is 2.13. The van der Waals surface area contributed by atoms with Gasteiger partial charge in [-0.25, -0.2) is 9.59 Å². The van der Waals surface area contributed by atoms with Crippen molar-refractivity contribution in [1.29, 1.82) is 0 Å². The Labute approximate surface area is 141 Å². The zero-order valence-electron chi connectivity index (χ0n) is 14.3. The smallest absolute Gasteiger partial charge is 0.323 e. The summed E-state index contributed by atoms with van der Waals surface area (Å²) < 4.78 is 0. The molecule has 0 atom stereocenters. The fourth-order valence-electron chi connectivity index (χ4n) is 2.25. The second-order valence-corrected chi connectivity index (χ2v) is 5.51. The minimum absolute atomic E-state index is 0.310. The summed E-state index contributed by atoms with van der Waals surface area (Å²) >= 11 is 0. The van der Waals surface area contributed by atoms with Crippen LogP contribution >= 0.6 is 0 Å². The summed E-state index contributed by atoms with van der Waals surface area (Å²) in [6.07, 6.45) is 0. The number of hydrogen-bond donors (Lipinski definition) is 4. The molecule has 4 N–H and O–H groups in total. The number of urea groups is 2. The van der Waals surface area contributed by atoms with Gasteiger partial charge in [0.2, 0.25) is 0 Å². The van der Waals surface area contributed by atoms with E-state index in [0.29, 0.717) is 11.4 Å². The molecule has 0 aliphatic rings. The summed E-state index contributed by atoms with van der Waals surface area (Å²) in [5.41, 5.74) is 4.95. The Morgan fingerprint density at radius 3 is 1.71 bits per heavy atom. The van der Waals surface area contributed by atoms with Crippen LogP contribution in [0.5, 0.6) is 0 Å². The maximum atomic E-state index is 12.3. The predicted molar refractivity (Wildman–Crippen MR) is 97.8 cm³/mol. The van der Waals surface area contributed by atoms with Gasteiger partial charge in [-0.2, -0.15) is 0 Å². The van der Waals surface area contributed by atoms with Gasteiger partial charge in [0.05, 0.1) is 0 Å². The third-order valence-corrected chi connectivity index (χ3v) is 3.91. The van der Waals surface area contributed by atoms with Crippen LogP contribution in [0.15, 0.2) is 36.4 Å². The first-order valence-corrected chi connectivity index (χ1v) is 7.65. The molecule has 0 aliphatic carbocycles. The van der Waals surface area contributed by atoms with Gasteiger partial charge in [-0.1, -0.05) is 18.2 Å². The molecule has 0 aliphatic heterocycles. The molecule has 4 amide bonds. The maximum absolute atomic E-state index is 12.3. The zero-order valence-corrected chi connectivity index (χ0v) is 14.3. The van der Waals surface area contributed by atoms with E-state index in [4.69, 9.17) is 0 Å². The zero-order chi connectivity index (χ0) is 17.7. The van der Waals surface area contributed by atoms with Crippen LogP contribution in [-0.2, 0) is 0 Å². The van der Waals surface area contributed by atoms with Gasteiger partial charge in [0.25, 0.3) is 0 Å². The summed E-state index contributed by atoms with van der Waals surface area (Å²) in [7, 11) is 1.55. The number of carbonyl (C=O) groups excluding carboxylic acids is 2. The minimum atomic E-state index is -0.330. The average Bonchev–Trinajstić information content (AvgIpc) is 2.55. The van der Waals surface area contributed by atoms with Crippen molar-refractivity contribution in [1.82, 2.24) is 5.32 Å². The van der Waals surface area contributed by atoms with Gasteiger partial charge in [-0.3, -0.25) is 0 Å². The van der Waals surface area contributed by atoms with Gasteiger partial charge in [-0.15, -0.1) is 0 Å². The number of benzene rings is 2. The first kappa shape index (κ1) is 17.3. The lowest BCUT2D eigenvalue weighted by Crippen LogP contribution is -2.25. The van der Waals surface area contributed by atoms with Crippen molar-refractivity contribution in [3.63, 3.8) is 0 Å². The van der Waals surface area contributed by atoms with Gasteiger partial charge in [-0.05, 0) is 55.7 Å². The Bertz CT molecular complexity index is 772. The number of nitrogens with one attached hydrogen (secondary N) is 4. The molecule has 0 spiro atoms. The average molecular weight is 326 g/mol. The van der Waals surface area contributed by atoms with Crippen LogP contribution in [0.4, 0.5) is 26.7 Å². The van der Waals surface area contributed by atoms with Crippen LogP contribution in [0, 0.1) is 20.8 Å². The summed E-state index contributed by atoms with van der Waals surface area (Å²) in [5, 5.41) is 10.9. The summed E-state index contributed by atoms with van der Waals surface area (Å²) in [6.45, 7) is 5.79. The highest BCUT2D eigenvalue weighted by atomic mass is 16.2. The number of hydrogen-bond acceptors (Lipinski definition) is 2. The molecule has 0 saturated carbocycles. The van der Waals surface area contributed by atoms with E-state index in [1.54, 1.807) is 25.2 Å². The van der Waals surface area contributed by atoms with Crippen LogP contribution in [0.1, 0.15) is 16.7 Å². The highest BCUT2D eigenvalue weighted by Crippen LogP contribution is 2.24. The summed E-state index contributed by atoms with van der Waals surface area (Å²) in [5.74, 6) is 0. The summed E-state index contributed by atoms with van der Waals surface area (Å²) in [6, 6.07) is 10.4. The number of rotatable bonds is 3. The van der Waals surface area contributed by atoms with Crippen molar-refractivity contribution in [2.24, 2.45) is 0 Å². The van der Waals surface area contributed by atoms with E-state index in [2.05, 4.69) is 21.3 Å². The Morgan fingerprint density at radius 2 is 1.17 bits per heavy atom. The van der Waals surface area contributed by atoms with Gasteiger partial charge in [0, 0.05) is 24.1 Å². The van der Waals surface area contributed by atoms with Crippen molar-refractivity contribution in [2.45, 2.75) is 20.8 Å². The van der Waals surface area contributed by atoms with Crippen LogP contribution in [-0.4, -0.2) is 19.1 Å². The number of anilines is 3. The van der Waals surface area contributed by atoms with Crippen molar-refractivity contribution >= 4 is 29.1 Å². The third-order valence-electron chi connectivity index (χ3n) is 3.91. The second kappa shape index (κ2) is 7.50. The van der Waals surface area contributed by atoms with Crippen molar-refractivity contribution in [3.8, 4) is 0 Å². The molecule has 6 nitrogen and oxygen atoms in total. The van der Waals surface area contributed by atoms with Crippen molar-refractivity contribution in [2.75, 3.05) is 23.0 Å². The molecule has 2 aromatic carbocycles. The summed E-state index contributed by atoms with van der Waals surface area (Å²) in [4.78, 5) is 23.7. The fraction of sp³-hybridized carbons (Fsp3) is 0.222. The first-order valence-electron chi connectivity index (χ1n) is 7.65. The predicted octanol–water partition coefficient (Wildman–Crippen LogP) is 4.01. The van der Waals surface area contributed by atoms with Gasteiger partial charge < -0.3 is 21.3 Å². The molecule has 126 valence electrons. The van der Waals surface area contributed by atoms with Crippen LogP contribution in [0.25, 0.3) is 0 Å². The molecule has 0 aromatic heterocycles. The monoisotopic (exact) mass is 326 g/mol. The van der Waals surface area contributed by atoms with Crippen LogP contribution < -0.4 is 21.3 Å². The van der Waals surface area contributed by atoms with E-state index in [0.717, 1.165) is 22.4 Å². The lowest BCUT2D eigenvalue weighted by Gasteiger charge is -2.15. The lowest BCUT2D eigenvalue weighted by molar-refractivity contribution is 0.254. The van der Waals surface area contributed by atoms with E-state index in [1.165, 1.54) is 0 Å². The molecular weight excluding hydrogens is 304 g/mol. The molecular formula is C18H22N4O2. The van der Waals surface area contributed by atoms with Crippen LogP contribution in [0.3, 0.4) is 0 Å². The molecule has 2 aromatic rings. The SMILES string of the molecule is CNC(=O)Nc1cccc(NC(=O)Nc2cccc(C)c2C)c1C. The normalized spacial score (nSPS) is 10.0. The second-order valence-electron chi connectivity index (χ2n) is 5.51. The first-order chi connectivity index (χ1) is 11.4. The molecule has 0 fully saturated rings. The Morgan fingerprint density at radius 1 is 0.708 bits per heavy atom. The highest BCUT2D eigenvalue weighted by Gasteiger charge is 2.10. The molecule has 24 heavy (non-hydrogen) atoms. The highest BCUT2D eigenvalue weighted by molar-refractivity contribution is 6.01. The van der Waals surface area contributed by atoms with E-state index in [9.17, 15) is 9.59 Å². The number of carbonyl (C=O) groups is 2. The van der Waals surface area contributed by atoms with E-state index >= 15 is 0 Å². The maximum Gasteiger partial charge on any atom is 0.323 e. The largest absolute Gasteiger partial charge is 0.341 e. The number of aryl methyl sites for hydroxylation is 1. The lowest BCUT2D eigenvalue weighted by atomic mass is 10.1. The molecule has 0 radical (unpaired) electrons. The van der Waals surface area contributed by atoms with E-state index in [1.807, 2.05) is 39.0 Å². The molecule has 0 unspecified atom stereocenters. The number of amides is 4. The van der Waals surface area contributed by atoms with Gasteiger partial charge in [0.1, 0.15) is 0 Å².